The van der Waals surface area contributed by atoms with E-state index in [2.05, 4.69) is 0 Å². The molecule has 1 atom stereocenters. The maximum Gasteiger partial charge on any atom is 0.257 e. The van der Waals surface area contributed by atoms with Crippen LogP contribution in [-0.2, 0) is 0 Å². The van der Waals surface area contributed by atoms with Crippen LogP contribution in [0.3, 0.4) is 0 Å². The Morgan fingerprint density at radius 2 is 2.25 bits per heavy atom. The highest BCUT2D eigenvalue weighted by atomic mass is 16.3. The van der Waals surface area contributed by atoms with Crippen molar-refractivity contribution < 1.29 is 15.0 Å². The second-order valence-corrected chi connectivity index (χ2v) is 4.21. The SMILES string of the molecule is Cc1ccc(O)c(C(=O)N2CCC(O)C2)c1. The average molecular weight is 221 g/mol. The lowest BCUT2D eigenvalue weighted by molar-refractivity contribution is 0.0762. The molecule has 1 aliphatic rings. The van der Waals surface area contributed by atoms with Gasteiger partial charge in [-0.1, -0.05) is 11.6 Å². The molecule has 4 nitrogen and oxygen atoms in total. The van der Waals surface area contributed by atoms with Gasteiger partial charge in [0.05, 0.1) is 11.7 Å². The predicted molar refractivity (Wildman–Crippen MR) is 59.4 cm³/mol. The van der Waals surface area contributed by atoms with Crippen molar-refractivity contribution in [2.75, 3.05) is 13.1 Å². The van der Waals surface area contributed by atoms with E-state index in [1.807, 2.05) is 6.92 Å². The zero-order chi connectivity index (χ0) is 11.7. The molecule has 0 radical (unpaired) electrons. The van der Waals surface area contributed by atoms with Gasteiger partial charge in [-0.15, -0.1) is 0 Å². The van der Waals surface area contributed by atoms with Gasteiger partial charge >= 0.3 is 0 Å². The second-order valence-electron chi connectivity index (χ2n) is 4.21. The molecule has 1 amide bonds. The van der Waals surface area contributed by atoms with Gasteiger partial charge < -0.3 is 15.1 Å². The van der Waals surface area contributed by atoms with Crippen LogP contribution < -0.4 is 0 Å². The number of phenolic OH excluding ortho intramolecular Hbond substituents is 1. The zero-order valence-electron chi connectivity index (χ0n) is 9.18. The number of aromatic hydroxyl groups is 1. The van der Waals surface area contributed by atoms with Gasteiger partial charge in [-0.2, -0.15) is 0 Å². The second kappa shape index (κ2) is 4.14. The quantitative estimate of drug-likeness (QED) is 0.741. The van der Waals surface area contributed by atoms with E-state index in [9.17, 15) is 15.0 Å². The molecule has 0 spiro atoms. The highest BCUT2D eigenvalue weighted by Gasteiger charge is 2.26. The third-order valence-corrected chi connectivity index (χ3v) is 2.83. The number of aliphatic hydroxyl groups is 1. The van der Waals surface area contributed by atoms with Crippen molar-refractivity contribution in [1.82, 2.24) is 4.90 Å². The zero-order valence-corrected chi connectivity index (χ0v) is 9.18. The number of phenols is 1. The summed E-state index contributed by atoms with van der Waals surface area (Å²) in [5.74, 6) is -0.213. The summed E-state index contributed by atoms with van der Waals surface area (Å²) < 4.78 is 0. The van der Waals surface area contributed by atoms with Crippen molar-refractivity contribution in [1.29, 1.82) is 0 Å². The van der Waals surface area contributed by atoms with E-state index in [-0.39, 0.29) is 11.7 Å². The number of hydrogen-bond donors (Lipinski definition) is 2. The summed E-state index contributed by atoms with van der Waals surface area (Å²) in [5, 5.41) is 19.0. The van der Waals surface area contributed by atoms with E-state index in [4.69, 9.17) is 0 Å². The van der Waals surface area contributed by atoms with Crippen LogP contribution in [0.5, 0.6) is 5.75 Å². The lowest BCUT2D eigenvalue weighted by Crippen LogP contribution is -2.29. The van der Waals surface area contributed by atoms with Crippen molar-refractivity contribution in [3.8, 4) is 5.75 Å². The molecule has 0 saturated carbocycles. The number of carbonyl (C=O) groups excluding carboxylic acids is 1. The molecule has 2 N–H and O–H groups in total. The van der Waals surface area contributed by atoms with Crippen LogP contribution in [0.2, 0.25) is 0 Å². The lowest BCUT2D eigenvalue weighted by Gasteiger charge is -2.16. The van der Waals surface area contributed by atoms with Crippen molar-refractivity contribution >= 4 is 5.91 Å². The maximum absolute atomic E-state index is 12.0. The molecule has 4 heteroatoms. The third-order valence-electron chi connectivity index (χ3n) is 2.83. The number of benzene rings is 1. The van der Waals surface area contributed by atoms with Gasteiger partial charge in [0, 0.05) is 13.1 Å². The van der Waals surface area contributed by atoms with Crippen molar-refractivity contribution in [3.05, 3.63) is 29.3 Å². The van der Waals surface area contributed by atoms with Crippen LogP contribution in [0.25, 0.3) is 0 Å². The van der Waals surface area contributed by atoms with Gasteiger partial charge in [0.15, 0.2) is 0 Å². The van der Waals surface area contributed by atoms with Crippen LogP contribution in [0.15, 0.2) is 18.2 Å². The molecule has 1 aromatic rings. The molecular formula is C12H15NO3. The van der Waals surface area contributed by atoms with E-state index in [0.29, 0.717) is 25.1 Å². The molecule has 16 heavy (non-hydrogen) atoms. The van der Waals surface area contributed by atoms with Gasteiger partial charge in [-0.3, -0.25) is 4.79 Å². The molecule has 1 heterocycles. The monoisotopic (exact) mass is 221 g/mol. The van der Waals surface area contributed by atoms with Crippen LogP contribution in [0, 0.1) is 6.92 Å². The molecular weight excluding hydrogens is 206 g/mol. The predicted octanol–water partition coefficient (Wildman–Crippen LogP) is 0.907. The van der Waals surface area contributed by atoms with Gasteiger partial charge in [-0.05, 0) is 25.5 Å². The Labute approximate surface area is 94.1 Å². The first kappa shape index (κ1) is 11.0. The number of nitrogens with zero attached hydrogens (tertiary/aromatic N) is 1. The first-order valence-corrected chi connectivity index (χ1v) is 5.35. The molecule has 0 aliphatic carbocycles. The van der Waals surface area contributed by atoms with E-state index in [0.717, 1.165) is 5.56 Å². The van der Waals surface area contributed by atoms with Crippen molar-refractivity contribution in [3.63, 3.8) is 0 Å². The van der Waals surface area contributed by atoms with Crippen LogP contribution in [-0.4, -0.2) is 40.2 Å². The highest BCUT2D eigenvalue weighted by Crippen LogP contribution is 2.22. The number of rotatable bonds is 1. The lowest BCUT2D eigenvalue weighted by atomic mass is 10.1. The molecule has 0 bridgehead atoms. The first-order chi connectivity index (χ1) is 7.58. The summed E-state index contributed by atoms with van der Waals surface area (Å²) in [5.41, 5.74) is 1.25. The largest absolute Gasteiger partial charge is 0.507 e. The highest BCUT2D eigenvalue weighted by molar-refractivity contribution is 5.97. The number of amides is 1. The molecule has 86 valence electrons. The average Bonchev–Trinajstić information content (AvgIpc) is 2.67. The Balaban J connectivity index is 2.23. The summed E-state index contributed by atoms with van der Waals surface area (Å²) in [6.45, 7) is 2.77. The standard InChI is InChI=1S/C12H15NO3/c1-8-2-3-11(15)10(6-8)12(16)13-5-4-9(14)7-13/h2-3,6,9,14-15H,4-5,7H2,1H3. The fraction of sp³-hybridized carbons (Fsp3) is 0.417. The minimum atomic E-state index is -0.434. The minimum Gasteiger partial charge on any atom is -0.507 e. The molecule has 1 unspecified atom stereocenters. The summed E-state index contributed by atoms with van der Waals surface area (Å²) >= 11 is 0. The van der Waals surface area contributed by atoms with Crippen LogP contribution in [0.4, 0.5) is 0 Å². The Morgan fingerprint density at radius 3 is 2.88 bits per heavy atom. The number of likely N-dealkylation sites (tertiary alicyclic amines) is 1. The molecule has 2 rings (SSSR count). The van der Waals surface area contributed by atoms with Gasteiger partial charge in [-0.25, -0.2) is 0 Å². The van der Waals surface area contributed by atoms with Crippen molar-refractivity contribution in [2.24, 2.45) is 0 Å². The molecule has 1 aliphatic heterocycles. The number of aliphatic hydroxyl groups excluding tert-OH is 1. The third kappa shape index (κ3) is 2.02. The number of β-amino-alcohol motifs (C(OH)–C–C–N with tert-alkyl or cyclic N) is 1. The van der Waals surface area contributed by atoms with Gasteiger partial charge in [0.1, 0.15) is 5.75 Å². The summed E-state index contributed by atoms with van der Waals surface area (Å²) in [6, 6.07) is 4.95. The summed E-state index contributed by atoms with van der Waals surface area (Å²) in [6.07, 6.45) is 0.175. The number of carbonyl (C=O) groups is 1. The van der Waals surface area contributed by atoms with E-state index in [1.54, 1.807) is 17.0 Å². The number of hydrogen-bond acceptors (Lipinski definition) is 3. The van der Waals surface area contributed by atoms with E-state index >= 15 is 0 Å². The normalized spacial score (nSPS) is 20.1. The molecule has 1 fully saturated rings. The molecule has 0 aromatic heterocycles. The topological polar surface area (TPSA) is 60.8 Å². The van der Waals surface area contributed by atoms with Gasteiger partial charge in [0.2, 0.25) is 0 Å². The summed E-state index contributed by atoms with van der Waals surface area (Å²) in [4.78, 5) is 13.6. The Morgan fingerprint density at radius 1 is 1.50 bits per heavy atom. The number of aryl methyl sites for hydroxylation is 1. The Bertz CT molecular complexity index is 417. The van der Waals surface area contributed by atoms with E-state index < -0.39 is 6.10 Å². The fourth-order valence-corrected chi connectivity index (χ4v) is 1.92. The maximum atomic E-state index is 12.0. The Kier molecular flexibility index (Phi) is 2.83. The Hall–Kier alpha value is -1.55. The first-order valence-electron chi connectivity index (χ1n) is 5.35. The van der Waals surface area contributed by atoms with Crippen LogP contribution >= 0.6 is 0 Å². The van der Waals surface area contributed by atoms with Crippen molar-refractivity contribution in [2.45, 2.75) is 19.4 Å². The summed E-state index contributed by atoms with van der Waals surface area (Å²) in [7, 11) is 0. The molecule has 1 aromatic carbocycles. The van der Waals surface area contributed by atoms with Gasteiger partial charge in [0.25, 0.3) is 5.91 Å². The smallest absolute Gasteiger partial charge is 0.257 e. The minimum absolute atomic E-state index is 0.00279. The molecule has 1 saturated heterocycles. The van der Waals surface area contributed by atoms with E-state index in [1.165, 1.54) is 6.07 Å². The van der Waals surface area contributed by atoms with Crippen LogP contribution in [0.1, 0.15) is 22.3 Å². The fourth-order valence-electron chi connectivity index (χ4n) is 1.92.